The van der Waals surface area contributed by atoms with Gasteiger partial charge in [0.05, 0.1) is 11.3 Å². The molecule has 0 spiro atoms. The van der Waals surface area contributed by atoms with Crippen LogP contribution in [0.2, 0.25) is 0 Å². The molecule has 104 valence electrons. The van der Waals surface area contributed by atoms with Gasteiger partial charge in [-0.25, -0.2) is 10.2 Å². The third-order valence-corrected chi connectivity index (χ3v) is 2.00. The van der Waals surface area contributed by atoms with Gasteiger partial charge in [0, 0.05) is 0 Å². The number of rotatable bonds is 2. The molecule has 19 heavy (non-hydrogen) atoms. The summed E-state index contributed by atoms with van der Waals surface area (Å²) in [6.07, 6.45) is -0.737. The monoisotopic (exact) mass is 266 g/mol. The molecule has 0 saturated carbocycles. The van der Waals surface area contributed by atoms with Gasteiger partial charge in [0.25, 0.3) is 5.91 Å². The van der Waals surface area contributed by atoms with E-state index in [2.05, 4.69) is 16.3 Å². The Morgan fingerprint density at radius 2 is 1.79 bits per heavy atom. The van der Waals surface area contributed by atoms with Gasteiger partial charge in [-0.2, -0.15) is 0 Å². The molecule has 7 nitrogen and oxygen atoms in total. The molecule has 0 aliphatic heterocycles. The molecule has 0 aliphatic carbocycles. The molecule has 0 atom stereocenters. The number of hydrazine groups is 2. The minimum absolute atomic E-state index is 0.307. The molecule has 0 fully saturated rings. The summed E-state index contributed by atoms with van der Waals surface area (Å²) in [5.74, 6) is 4.79. The first kappa shape index (κ1) is 14.8. The van der Waals surface area contributed by atoms with Crippen LogP contribution in [-0.2, 0) is 4.74 Å². The average molecular weight is 266 g/mol. The van der Waals surface area contributed by atoms with E-state index in [1.807, 2.05) is 0 Å². The number of nitrogens with two attached hydrogens (primary N) is 1. The topological polar surface area (TPSA) is 105 Å². The summed E-state index contributed by atoms with van der Waals surface area (Å²) in [7, 11) is 0. The molecular formula is C12H18N4O3. The molecule has 5 N–H and O–H groups in total. The third-order valence-electron chi connectivity index (χ3n) is 2.00. The van der Waals surface area contributed by atoms with Crippen LogP contribution in [0.25, 0.3) is 0 Å². The fourth-order valence-electron chi connectivity index (χ4n) is 1.29. The Bertz CT molecular complexity index is 468. The first-order chi connectivity index (χ1) is 8.83. The Hall–Kier alpha value is -2.28. The maximum atomic E-state index is 11.8. The number of carbonyl (C=O) groups is 2. The predicted molar refractivity (Wildman–Crippen MR) is 71.1 cm³/mol. The number of hydrogen-bond donors (Lipinski definition) is 4. The number of amides is 2. The molecule has 7 heteroatoms. The zero-order valence-electron chi connectivity index (χ0n) is 11.1. The van der Waals surface area contributed by atoms with Crippen molar-refractivity contribution in [1.82, 2.24) is 10.9 Å². The van der Waals surface area contributed by atoms with Crippen molar-refractivity contribution in [2.45, 2.75) is 26.4 Å². The number of nitrogen functional groups attached to an aromatic ring is 1. The fourth-order valence-corrected chi connectivity index (χ4v) is 1.29. The van der Waals surface area contributed by atoms with Gasteiger partial charge in [-0.05, 0) is 32.9 Å². The lowest BCUT2D eigenvalue weighted by Crippen LogP contribution is -2.44. The van der Waals surface area contributed by atoms with Crippen molar-refractivity contribution in [2.24, 2.45) is 5.84 Å². The van der Waals surface area contributed by atoms with Crippen LogP contribution >= 0.6 is 0 Å². The average Bonchev–Trinajstić information content (AvgIpc) is 2.33. The second kappa shape index (κ2) is 6.05. The van der Waals surface area contributed by atoms with E-state index in [9.17, 15) is 9.59 Å². The third kappa shape index (κ3) is 4.84. The van der Waals surface area contributed by atoms with Gasteiger partial charge in [0.15, 0.2) is 0 Å². The smallest absolute Gasteiger partial charge is 0.426 e. The Balaban J connectivity index is 2.59. The van der Waals surface area contributed by atoms with Crippen LogP contribution in [0.5, 0.6) is 0 Å². The van der Waals surface area contributed by atoms with E-state index >= 15 is 0 Å². The van der Waals surface area contributed by atoms with E-state index in [4.69, 9.17) is 10.6 Å². The van der Waals surface area contributed by atoms with Crippen molar-refractivity contribution < 1.29 is 14.3 Å². The molecule has 1 aromatic carbocycles. The largest absolute Gasteiger partial charge is 0.443 e. The zero-order valence-corrected chi connectivity index (χ0v) is 11.1. The zero-order chi connectivity index (χ0) is 14.5. The highest BCUT2D eigenvalue weighted by molar-refractivity contribution is 5.99. The van der Waals surface area contributed by atoms with E-state index in [0.717, 1.165) is 0 Å². The summed E-state index contributed by atoms with van der Waals surface area (Å²) in [6.45, 7) is 5.17. The molecule has 0 aromatic heterocycles. The summed E-state index contributed by atoms with van der Waals surface area (Å²) in [6, 6.07) is 6.63. The predicted octanol–water partition coefficient (Wildman–Crippen LogP) is 1.14. The van der Waals surface area contributed by atoms with Crippen LogP contribution in [0.3, 0.4) is 0 Å². The van der Waals surface area contributed by atoms with Crippen LogP contribution in [0.15, 0.2) is 24.3 Å². The second-order valence-corrected chi connectivity index (χ2v) is 4.77. The van der Waals surface area contributed by atoms with E-state index in [1.54, 1.807) is 45.0 Å². The summed E-state index contributed by atoms with van der Waals surface area (Å²) < 4.78 is 4.98. The summed E-state index contributed by atoms with van der Waals surface area (Å²) in [5, 5.41) is 0. The van der Waals surface area contributed by atoms with Gasteiger partial charge < -0.3 is 10.2 Å². The standard InChI is InChI=1S/C12H18N4O3/c1-12(2,3)19-11(18)16-15-10(17)8-6-4-5-7-9(8)14-13/h4-7,14H,13H2,1-3H3,(H,15,17)(H,16,18). The van der Waals surface area contributed by atoms with Gasteiger partial charge in [0.1, 0.15) is 5.60 Å². The number of ether oxygens (including phenoxy) is 1. The van der Waals surface area contributed by atoms with Gasteiger partial charge in [-0.15, -0.1) is 0 Å². The molecule has 2 amide bonds. The molecule has 0 heterocycles. The second-order valence-electron chi connectivity index (χ2n) is 4.77. The Labute approximate surface area is 111 Å². The van der Waals surface area contributed by atoms with E-state index in [-0.39, 0.29) is 0 Å². The van der Waals surface area contributed by atoms with Crippen LogP contribution in [-0.4, -0.2) is 17.6 Å². The maximum Gasteiger partial charge on any atom is 0.426 e. The Morgan fingerprint density at radius 1 is 1.16 bits per heavy atom. The van der Waals surface area contributed by atoms with E-state index in [0.29, 0.717) is 11.3 Å². The summed E-state index contributed by atoms with van der Waals surface area (Å²) >= 11 is 0. The number of benzene rings is 1. The molecule has 0 saturated heterocycles. The Morgan fingerprint density at radius 3 is 2.37 bits per heavy atom. The highest BCUT2D eigenvalue weighted by Gasteiger charge is 2.17. The Kier molecular flexibility index (Phi) is 4.71. The number of nitrogens with one attached hydrogen (secondary N) is 3. The normalized spacial score (nSPS) is 10.5. The van der Waals surface area contributed by atoms with Crippen LogP contribution in [0.1, 0.15) is 31.1 Å². The van der Waals surface area contributed by atoms with Crippen LogP contribution in [0.4, 0.5) is 10.5 Å². The van der Waals surface area contributed by atoms with Crippen LogP contribution < -0.4 is 22.1 Å². The SMILES string of the molecule is CC(C)(C)OC(=O)NNC(=O)c1ccccc1NN. The van der Waals surface area contributed by atoms with E-state index in [1.165, 1.54) is 0 Å². The molecule has 0 unspecified atom stereocenters. The van der Waals surface area contributed by atoms with Gasteiger partial charge in [-0.3, -0.25) is 16.1 Å². The van der Waals surface area contributed by atoms with Gasteiger partial charge in [0.2, 0.25) is 0 Å². The molecule has 1 aromatic rings. The molecule has 0 bridgehead atoms. The highest BCUT2D eigenvalue weighted by atomic mass is 16.6. The lowest BCUT2D eigenvalue weighted by atomic mass is 10.2. The van der Waals surface area contributed by atoms with E-state index < -0.39 is 17.6 Å². The van der Waals surface area contributed by atoms with Crippen molar-refractivity contribution in [1.29, 1.82) is 0 Å². The first-order valence-corrected chi connectivity index (χ1v) is 5.68. The summed E-state index contributed by atoms with van der Waals surface area (Å²) in [5.41, 5.74) is 6.92. The van der Waals surface area contributed by atoms with Crippen LogP contribution in [0, 0.1) is 0 Å². The van der Waals surface area contributed by atoms with Gasteiger partial charge >= 0.3 is 6.09 Å². The lowest BCUT2D eigenvalue weighted by molar-refractivity contribution is 0.0483. The number of hydrogen-bond acceptors (Lipinski definition) is 5. The van der Waals surface area contributed by atoms with Crippen molar-refractivity contribution in [3.05, 3.63) is 29.8 Å². The highest BCUT2D eigenvalue weighted by Crippen LogP contribution is 2.12. The van der Waals surface area contributed by atoms with Crippen molar-refractivity contribution >= 4 is 17.7 Å². The molecule has 1 rings (SSSR count). The van der Waals surface area contributed by atoms with Crippen molar-refractivity contribution in [3.8, 4) is 0 Å². The maximum absolute atomic E-state index is 11.8. The van der Waals surface area contributed by atoms with Crippen molar-refractivity contribution in [3.63, 3.8) is 0 Å². The minimum Gasteiger partial charge on any atom is -0.443 e. The quantitative estimate of drug-likeness (QED) is 0.474. The number of carbonyl (C=O) groups excluding carboxylic acids is 2. The molecule has 0 aliphatic rings. The lowest BCUT2D eigenvalue weighted by Gasteiger charge is -2.19. The van der Waals surface area contributed by atoms with Crippen molar-refractivity contribution in [2.75, 3.05) is 5.43 Å². The number of para-hydroxylation sites is 1. The minimum atomic E-state index is -0.737. The number of anilines is 1. The summed E-state index contributed by atoms with van der Waals surface area (Å²) in [4.78, 5) is 23.2. The first-order valence-electron chi connectivity index (χ1n) is 5.68. The fraction of sp³-hybridized carbons (Fsp3) is 0.333. The van der Waals surface area contributed by atoms with Gasteiger partial charge in [-0.1, -0.05) is 12.1 Å². The molecular weight excluding hydrogens is 248 g/mol. The molecule has 0 radical (unpaired) electrons.